The van der Waals surface area contributed by atoms with E-state index >= 15 is 0 Å². The lowest BCUT2D eigenvalue weighted by molar-refractivity contribution is 0.263. The Morgan fingerprint density at radius 2 is 1.95 bits per heavy atom. The van der Waals surface area contributed by atoms with Crippen molar-refractivity contribution < 1.29 is 0 Å². The summed E-state index contributed by atoms with van der Waals surface area (Å²) in [5.41, 5.74) is 6.59. The van der Waals surface area contributed by atoms with Crippen LogP contribution in [0.3, 0.4) is 0 Å². The van der Waals surface area contributed by atoms with Gasteiger partial charge in [0.15, 0.2) is 5.65 Å². The first kappa shape index (κ1) is 14.1. The van der Waals surface area contributed by atoms with Gasteiger partial charge in [-0.1, -0.05) is 15.9 Å². The first-order chi connectivity index (χ1) is 9.67. The summed E-state index contributed by atoms with van der Waals surface area (Å²) in [6, 6.07) is 0. The molecule has 0 unspecified atom stereocenters. The molecular weight excluding hydrogens is 342 g/mol. The quantitative estimate of drug-likeness (QED) is 0.675. The van der Waals surface area contributed by atoms with E-state index in [1.807, 2.05) is 4.68 Å². The highest BCUT2D eigenvalue weighted by molar-refractivity contribution is 9.09. The summed E-state index contributed by atoms with van der Waals surface area (Å²) in [4.78, 5) is 8.22. The van der Waals surface area contributed by atoms with Crippen molar-refractivity contribution in [1.82, 2.24) is 19.7 Å². The first-order valence-corrected chi connectivity index (χ1v) is 8.37. The van der Waals surface area contributed by atoms with Crippen LogP contribution in [0.2, 0.25) is 5.28 Å². The highest BCUT2D eigenvalue weighted by atomic mass is 79.9. The SMILES string of the molecule is Nc1nc(Cl)nc2c1cnn2CC1CCC(CBr)CC1. The molecule has 2 aromatic heterocycles. The van der Waals surface area contributed by atoms with E-state index in [2.05, 4.69) is 31.0 Å². The molecule has 1 aliphatic carbocycles. The predicted molar refractivity (Wildman–Crippen MR) is 84.0 cm³/mol. The fourth-order valence-corrected chi connectivity index (χ4v) is 3.71. The zero-order valence-corrected chi connectivity index (χ0v) is 13.4. The molecule has 2 heterocycles. The van der Waals surface area contributed by atoms with Crippen LogP contribution in [0.15, 0.2) is 6.20 Å². The third kappa shape index (κ3) is 2.76. The number of nitrogens with zero attached hydrogens (tertiary/aromatic N) is 4. The summed E-state index contributed by atoms with van der Waals surface area (Å²) < 4.78 is 1.92. The van der Waals surface area contributed by atoms with Crippen LogP contribution in [0.5, 0.6) is 0 Å². The number of halogens is 2. The van der Waals surface area contributed by atoms with Crippen LogP contribution in [0, 0.1) is 11.8 Å². The minimum atomic E-state index is 0.180. The molecule has 0 bridgehead atoms. The molecule has 1 aliphatic rings. The fourth-order valence-electron chi connectivity index (χ4n) is 2.90. The molecule has 0 aliphatic heterocycles. The monoisotopic (exact) mass is 357 g/mol. The van der Waals surface area contributed by atoms with Crippen molar-refractivity contribution in [3.8, 4) is 0 Å². The molecule has 0 aromatic carbocycles. The van der Waals surface area contributed by atoms with Gasteiger partial charge in [-0.05, 0) is 49.1 Å². The molecule has 2 N–H and O–H groups in total. The van der Waals surface area contributed by atoms with E-state index in [1.54, 1.807) is 6.20 Å². The number of nitrogen functional groups attached to an aromatic ring is 1. The number of hydrogen-bond acceptors (Lipinski definition) is 4. The molecule has 2 aromatic rings. The van der Waals surface area contributed by atoms with Gasteiger partial charge in [0.25, 0.3) is 0 Å². The number of nitrogens with two attached hydrogens (primary N) is 1. The minimum Gasteiger partial charge on any atom is -0.383 e. The molecule has 0 radical (unpaired) electrons. The van der Waals surface area contributed by atoms with E-state index in [4.69, 9.17) is 17.3 Å². The lowest BCUT2D eigenvalue weighted by Gasteiger charge is -2.27. The Labute approximate surface area is 131 Å². The largest absolute Gasteiger partial charge is 0.383 e. The molecule has 1 fully saturated rings. The van der Waals surface area contributed by atoms with Crippen LogP contribution in [-0.2, 0) is 6.54 Å². The summed E-state index contributed by atoms with van der Waals surface area (Å²) in [6.45, 7) is 0.880. The van der Waals surface area contributed by atoms with Crippen LogP contribution in [0.25, 0.3) is 11.0 Å². The number of aromatic nitrogens is 4. The molecule has 108 valence electrons. The zero-order chi connectivity index (χ0) is 14.1. The average molecular weight is 359 g/mol. The standard InChI is InChI=1S/C13H17BrClN5/c14-5-8-1-3-9(4-2-8)7-20-12-10(6-17-20)11(16)18-13(15)19-12/h6,8-9H,1-5,7H2,(H2,16,18,19). The number of alkyl halides is 1. The van der Waals surface area contributed by atoms with Crippen LogP contribution in [-0.4, -0.2) is 25.1 Å². The van der Waals surface area contributed by atoms with E-state index in [9.17, 15) is 0 Å². The van der Waals surface area contributed by atoms with E-state index in [1.165, 1.54) is 25.7 Å². The van der Waals surface area contributed by atoms with Gasteiger partial charge in [0.2, 0.25) is 5.28 Å². The van der Waals surface area contributed by atoms with Crippen molar-refractivity contribution in [3.05, 3.63) is 11.5 Å². The number of rotatable bonds is 3. The van der Waals surface area contributed by atoms with Crippen molar-refractivity contribution >= 4 is 44.4 Å². The molecule has 5 nitrogen and oxygen atoms in total. The van der Waals surface area contributed by atoms with Gasteiger partial charge in [0, 0.05) is 11.9 Å². The number of fused-ring (bicyclic) bond motifs is 1. The van der Waals surface area contributed by atoms with Crippen molar-refractivity contribution in [2.24, 2.45) is 11.8 Å². The van der Waals surface area contributed by atoms with Gasteiger partial charge >= 0.3 is 0 Å². The molecule has 0 atom stereocenters. The normalized spacial score (nSPS) is 23.3. The number of anilines is 1. The fraction of sp³-hybridized carbons (Fsp3) is 0.615. The van der Waals surface area contributed by atoms with Gasteiger partial charge in [-0.25, -0.2) is 9.67 Å². The van der Waals surface area contributed by atoms with Gasteiger partial charge in [-0.3, -0.25) is 0 Å². The topological polar surface area (TPSA) is 69.6 Å². The van der Waals surface area contributed by atoms with Crippen LogP contribution < -0.4 is 5.73 Å². The average Bonchev–Trinajstić information content (AvgIpc) is 2.83. The molecular formula is C13H17BrClN5. The maximum Gasteiger partial charge on any atom is 0.226 e. The highest BCUT2D eigenvalue weighted by Crippen LogP contribution is 2.31. The molecule has 0 amide bonds. The molecule has 7 heteroatoms. The van der Waals surface area contributed by atoms with Gasteiger partial charge in [0.05, 0.1) is 11.6 Å². The maximum atomic E-state index is 5.88. The van der Waals surface area contributed by atoms with Crippen LogP contribution >= 0.6 is 27.5 Å². The highest BCUT2D eigenvalue weighted by Gasteiger charge is 2.22. The predicted octanol–water partition coefficient (Wildman–Crippen LogP) is 3.26. The molecule has 20 heavy (non-hydrogen) atoms. The summed E-state index contributed by atoms with van der Waals surface area (Å²) >= 11 is 9.46. The Morgan fingerprint density at radius 1 is 1.25 bits per heavy atom. The summed E-state index contributed by atoms with van der Waals surface area (Å²) in [5, 5.41) is 6.47. The third-order valence-electron chi connectivity index (χ3n) is 4.11. The van der Waals surface area contributed by atoms with Crippen molar-refractivity contribution in [3.63, 3.8) is 0 Å². The van der Waals surface area contributed by atoms with E-state index < -0.39 is 0 Å². The Morgan fingerprint density at radius 3 is 2.65 bits per heavy atom. The van der Waals surface area contributed by atoms with Gasteiger partial charge < -0.3 is 5.73 Å². The molecule has 0 saturated heterocycles. The van der Waals surface area contributed by atoms with E-state index in [-0.39, 0.29) is 5.28 Å². The smallest absolute Gasteiger partial charge is 0.226 e. The van der Waals surface area contributed by atoms with E-state index in [0.717, 1.165) is 28.8 Å². The third-order valence-corrected chi connectivity index (χ3v) is 5.20. The van der Waals surface area contributed by atoms with Crippen LogP contribution in [0.4, 0.5) is 5.82 Å². The second kappa shape index (κ2) is 5.85. The van der Waals surface area contributed by atoms with Crippen molar-refractivity contribution in [1.29, 1.82) is 0 Å². The van der Waals surface area contributed by atoms with Gasteiger partial charge in [-0.15, -0.1) is 0 Å². The van der Waals surface area contributed by atoms with Gasteiger partial charge in [0.1, 0.15) is 5.82 Å². The second-order valence-corrected chi connectivity index (χ2v) is 6.47. The van der Waals surface area contributed by atoms with Gasteiger partial charge in [-0.2, -0.15) is 10.1 Å². The Balaban J connectivity index is 1.78. The summed E-state index contributed by atoms with van der Waals surface area (Å²) in [6.07, 6.45) is 6.78. The lowest BCUT2D eigenvalue weighted by atomic mass is 9.83. The molecule has 1 saturated carbocycles. The summed E-state index contributed by atoms with van der Waals surface area (Å²) in [7, 11) is 0. The molecule has 3 rings (SSSR count). The minimum absolute atomic E-state index is 0.180. The lowest BCUT2D eigenvalue weighted by Crippen LogP contribution is -2.20. The van der Waals surface area contributed by atoms with E-state index in [0.29, 0.717) is 11.7 Å². The summed E-state index contributed by atoms with van der Waals surface area (Å²) in [5.74, 6) is 1.88. The molecule has 0 spiro atoms. The Bertz CT molecular complexity index is 606. The maximum absolute atomic E-state index is 5.88. The Kier molecular flexibility index (Phi) is 4.12. The van der Waals surface area contributed by atoms with Crippen molar-refractivity contribution in [2.45, 2.75) is 32.2 Å². The number of hydrogen-bond donors (Lipinski definition) is 1. The zero-order valence-electron chi connectivity index (χ0n) is 11.1. The second-order valence-electron chi connectivity index (χ2n) is 5.48. The van der Waals surface area contributed by atoms with Crippen molar-refractivity contribution in [2.75, 3.05) is 11.1 Å². The first-order valence-electron chi connectivity index (χ1n) is 6.88. The van der Waals surface area contributed by atoms with Crippen LogP contribution in [0.1, 0.15) is 25.7 Å². The Hall–Kier alpha value is -0.880.